The highest BCUT2D eigenvalue weighted by Gasteiger charge is 2.45. The standard InChI is InChI=1S/C21H32N2O4/c1-4-27-18-7-6-17(12-19(18)26-3)13-22-11-8-20(25)21(14-22)9-5-10-23(15-21)16(2)24/h6-7,12,20,25H,4-5,8-11,13-15H2,1-3H3/t20-,21-/m1/s1. The zero-order valence-electron chi connectivity index (χ0n) is 16.7. The molecule has 0 bridgehead atoms. The Morgan fingerprint density at radius 2 is 2.11 bits per heavy atom. The fourth-order valence-corrected chi connectivity index (χ4v) is 4.55. The molecular weight excluding hydrogens is 344 g/mol. The predicted molar refractivity (Wildman–Crippen MR) is 104 cm³/mol. The van der Waals surface area contributed by atoms with Crippen molar-refractivity contribution in [1.82, 2.24) is 9.80 Å². The third-order valence-electron chi connectivity index (χ3n) is 5.95. The molecular formula is C21H32N2O4. The Morgan fingerprint density at radius 1 is 1.30 bits per heavy atom. The van der Waals surface area contributed by atoms with E-state index in [0.717, 1.165) is 56.9 Å². The van der Waals surface area contributed by atoms with Gasteiger partial charge in [-0.2, -0.15) is 0 Å². The Balaban J connectivity index is 1.72. The van der Waals surface area contributed by atoms with E-state index in [4.69, 9.17) is 9.47 Å². The Hall–Kier alpha value is -1.79. The highest BCUT2D eigenvalue weighted by Crippen LogP contribution is 2.39. The van der Waals surface area contributed by atoms with Gasteiger partial charge in [0.15, 0.2) is 11.5 Å². The minimum Gasteiger partial charge on any atom is -0.493 e. The van der Waals surface area contributed by atoms with E-state index >= 15 is 0 Å². The molecule has 2 aliphatic rings. The van der Waals surface area contributed by atoms with Crippen LogP contribution in [-0.4, -0.2) is 66.8 Å². The molecule has 0 radical (unpaired) electrons. The summed E-state index contributed by atoms with van der Waals surface area (Å²) in [5.74, 6) is 1.62. The monoisotopic (exact) mass is 376 g/mol. The van der Waals surface area contributed by atoms with Crippen LogP contribution in [0.2, 0.25) is 0 Å². The van der Waals surface area contributed by atoms with Crippen molar-refractivity contribution in [2.45, 2.75) is 45.8 Å². The summed E-state index contributed by atoms with van der Waals surface area (Å²) in [6, 6.07) is 6.07. The Labute approximate surface area is 162 Å². The number of aliphatic hydroxyl groups excluding tert-OH is 1. The molecule has 0 aliphatic carbocycles. The lowest BCUT2D eigenvalue weighted by Gasteiger charge is -2.51. The number of piperidine rings is 2. The minimum atomic E-state index is -0.342. The fourth-order valence-electron chi connectivity index (χ4n) is 4.55. The first-order chi connectivity index (χ1) is 13.0. The molecule has 2 fully saturated rings. The van der Waals surface area contributed by atoms with Crippen LogP contribution >= 0.6 is 0 Å². The van der Waals surface area contributed by atoms with Crippen molar-refractivity contribution < 1.29 is 19.4 Å². The number of aliphatic hydroxyl groups is 1. The lowest BCUT2D eigenvalue weighted by molar-refractivity contribution is -0.139. The van der Waals surface area contributed by atoms with E-state index in [9.17, 15) is 9.90 Å². The molecule has 1 aromatic rings. The van der Waals surface area contributed by atoms with Gasteiger partial charge in [0.05, 0.1) is 19.8 Å². The summed E-state index contributed by atoms with van der Waals surface area (Å²) in [4.78, 5) is 16.2. The highest BCUT2D eigenvalue weighted by molar-refractivity contribution is 5.73. The molecule has 3 rings (SSSR count). The first kappa shape index (κ1) is 20.0. The minimum absolute atomic E-state index is 0.106. The molecule has 6 heteroatoms. The smallest absolute Gasteiger partial charge is 0.219 e. The number of rotatable bonds is 5. The van der Waals surface area contributed by atoms with Crippen molar-refractivity contribution in [3.8, 4) is 11.5 Å². The zero-order chi connectivity index (χ0) is 19.4. The molecule has 1 N–H and O–H groups in total. The van der Waals surface area contributed by atoms with E-state index in [2.05, 4.69) is 11.0 Å². The van der Waals surface area contributed by atoms with Crippen LogP contribution in [0.25, 0.3) is 0 Å². The van der Waals surface area contributed by atoms with E-state index in [0.29, 0.717) is 13.2 Å². The van der Waals surface area contributed by atoms with Crippen LogP contribution in [0.15, 0.2) is 18.2 Å². The number of benzene rings is 1. The summed E-state index contributed by atoms with van der Waals surface area (Å²) in [7, 11) is 1.66. The third-order valence-corrected chi connectivity index (χ3v) is 5.95. The number of methoxy groups -OCH3 is 1. The second kappa shape index (κ2) is 8.48. The van der Waals surface area contributed by atoms with Gasteiger partial charge in [0.1, 0.15) is 0 Å². The molecule has 0 saturated carbocycles. The molecule has 27 heavy (non-hydrogen) atoms. The number of hydrogen-bond acceptors (Lipinski definition) is 5. The van der Waals surface area contributed by atoms with Crippen molar-refractivity contribution in [3.05, 3.63) is 23.8 Å². The topological polar surface area (TPSA) is 62.2 Å². The molecule has 2 saturated heterocycles. The van der Waals surface area contributed by atoms with Crippen molar-refractivity contribution in [2.75, 3.05) is 39.9 Å². The maximum Gasteiger partial charge on any atom is 0.219 e. The molecule has 150 valence electrons. The van der Waals surface area contributed by atoms with Gasteiger partial charge in [-0.15, -0.1) is 0 Å². The third kappa shape index (κ3) is 4.38. The SMILES string of the molecule is CCOc1ccc(CN2CC[C@@H](O)[C@]3(CCCN(C(C)=O)C3)C2)cc1OC. The van der Waals surface area contributed by atoms with Crippen molar-refractivity contribution >= 4 is 5.91 Å². The average Bonchev–Trinajstić information content (AvgIpc) is 2.66. The van der Waals surface area contributed by atoms with Crippen LogP contribution in [0.1, 0.15) is 38.7 Å². The quantitative estimate of drug-likeness (QED) is 0.854. The molecule has 1 aromatic carbocycles. The lowest BCUT2D eigenvalue weighted by atomic mass is 9.71. The van der Waals surface area contributed by atoms with Gasteiger partial charge in [-0.3, -0.25) is 9.69 Å². The van der Waals surface area contributed by atoms with Crippen molar-refractivity contribution in [2.24, 2.45) is 5.41 Å². The van der Waals surface area contributed by atoms with Crippen LogP contribution in [0, 0.1) is 5.41 Å². The number of nitrogens with zero attached hydrogens (tertiary/aromatic N) is 2. The van der Waals surface area contributed by atoms with Gasteiger partial charge in [0.2, 0.25) is 5.91 Å². The van der Waals surface area contributed by atoms with Crippen LogP contribution in [-0.2, 0) is 11.3 Å². The average molecular weight is 376 g/mol. The van der Waals surface area contributed by atoms with Crippen LogP contribution in [0.3, 0.4) is 0 Å². The number of likely N-dealkylation sites (tertiary alicyclic amines) is 2. The largest absolute Gasteiger partial charge is 0.493 e. The van der Waals surface area contributed by atoms with Gasteiger partial charge in [-0.25, -0.2) is 0 Å². The zero-order valence-corrected chi connectivity index (χ0v) is 16.7. The van der Waals surface area contributed by atoms with Gasteiger partial charge in [-0.1, -0.05) is 6.07 Å². The van der Waals surface area contributed by atoms with Crippen LogP contribution in [0.5, 0.6) is 11.5 Å². The van der Waals surface area contributed by atoms with Gasteiger partial charge in [0.25, 0.3) is 0 Å². The summed E-state index contributed by atoms with van der Waals surface area (Å²) in [5, 5.41) is 10.7. The molecule has 2 heterocycles. The Kier molecular flexibility index (Phi) is 6.27. The number of ether oxygens (including phenoxy) is 2. The molecule has 2 atom stereocenters. The fraction of sp³-hybridized carbons (Fsp3) is 0.667. The molecule has 1 spiro atoms. The second-order valence-electron chi connectivity index (χ2n) is 7.84. The van der Waals surface area contributed by atoms with E-state index < -0.39 is 0 Å². The number of hydrogen-bond donors (Lipinski definition) is 1. The molecule has 2 aliphatic heterocycles. The summed E-state index contributed by atoms with van der Waals surface area (Å²) >= 11 is 0. The lowest BCUT2D eigenvalue weighted by Crippen LogP contribution is -2.59. The number of carbonyl (C=O) groups excluding carboxylic acids is 1. The Bertz CT molecular complexity index is 666. The van der Waals surface area contributed by atoms with E-state index in [1.165, 1.54) is 5.56 Å². The number of carbonyl (C=O) groups is 1. The Morgan fingerprint density at radius 3 is 2.81 bits per heavy atom. The molecule has 6 nitrogen and oxygen atoms in total. The van der Waals surface area contributed by atoms with E-state index in [-0.39, 0.29) is 17.4 Å². The summed E-state index contributed by atoms with van der Waals surface area (Å²) in [6.45, 7) is 8.13. The van der Waals surface area contributed by atoms with Gasteiger partial charge in [-0.05, 0) is 43.9 Å². The van der Waals surface area contributed by atoms with Gasteiger partial charge >= 0.3 is 0 Å². The molecule has 0 unspecified atom stereocenters. The summed E-state index contributed by atoms with van der Waals surface area (Å²) in [5.41, 5.74) is 0.957. The summed E-state index contributed by atoms with van der Waals surface area (Å²) in [6.07, 6.45) is 2.34. The maximum atomic E-state index is 11.9. The van der Waals surface area contributed by atoms with Crippen molar-refractivity contribution in [1.29, 1.82) is 0 Å². The van der Waals surface area contributed by atoms with Crippen molar-refractivity contribution in [3.63, 3.8) is 0 Å². The summed E-state index contributed by atoms with van der Waals surface area (Å²) < 4.78 is 11.1. The second-order valence-corrected chi connectivity index (χ2v) is 7.84. The normalized spacial score (nSPS) is 26.2. The highest BCUT2D eigenvalue weighted by atomic mass is 16.5. The van der Waals surface area contributed by atoms with E-state index in [1.807, 2.05) is 24.0 Å². The predicted octanol–water partition coefficient (Wildman–Crippen LogP) is 2.29. The van der Waals surface area contributed by atoms with Crippen LogP contribution in [0.4, 0.5) is 0 Å². The van der Waals surface area contributed by atoms with Crippen LogP contribution < -0.4 is 9.47 Å². The van der Waals surface area contributed by atoms with Gasteiger partial charge in [0, 0.05) is 45.1 Å². The molecule has 1 amide bonds. The van der Waals surface area contributed by atoms with Gasteiger partial charge < -0.3 is 19.5 Å². The number of amides is 1. The first-order valence-corrected chi connectivity index (χ1v) is 9.93. The maximum absolute atomic E-state index is 11.9. The van der Waals surface area contributed by atoms with E-state index in [1.54, 1.807) is 14.0 Å². The molecule has 0 aromatic heterocycles. The first-order valence-electron chi connectivity index (χ1n) is 9.93.